The number of likely N-dealkylation sites (tertiary alicyclic amines) is 1. The first kappa shape index (κ1) is 24.8. The number of halogens is 1. The fourth-order valence-corrected chi connectivity index (χ4v) is 3.92. The Bertz CT molecular complexity index is 600. The lowest BCUT2D eigenvalue weighted by molar-refractivity contribution is 0.167. The van der Waals surface area contributed by atoms with Crippen LogP contribution in [0.3, 0.4) is 0 Å². The number of methoxy groups -OCH3 is 2. The van der Waals surface area contributed by atoms with E-state index in [4.69, 9.17) is 15.2 Å². The van der Waals surface area contributed by atoms with Crippen molar-refractivity contribution in [3.05, 3.63) is 23.8 Å². The summed E-state index contributed by atoms with van der Waals surface area (Å²) in [6.07, 6.45) is 5.00. The van der Waals surface area contributed by atoms with Gasteiger partial charge in [0.1, 0.15) is 0 Å². The van der Waals surface area contributed by atoms with Gasteiger partial charge in [0.15, 0.2) is 17.5 Å². The minimum atomic E-state index is 0. The molecule has 6 nitrogen and oxygen atoms in total. The summed E-state index contributed by atoms with van der Waals surface area (Å²) in [5, 5.41) is 3.36. The van der Waals surface area contributed by atoms with E-state index in [0.29, 0.717) is 30.2 Å². The van der Waals surface area contributed by atoms with E-state index in [0.717, 1.165) is 17.9 Å². The van der Waals surface area contributed by atoms with E-state index in [2.05, 4.69) is 29.1 Å². The molecule has 1 aromatic rings. The van der Waals surface area contributed by atoms with Crippen molar-refractivity contribution in [2.45, 2.75) is 52.1 Å². The molecule has 3 N–H and O–H groups in total. The molecule has 1 aliphatic rings. The van der Waals surface area contributed by atoms with Crippen LogP contribution in [0.5, 0.6) is 11.5 Å². The van der Waals surface area contributed by atoms with Gasteiger partial charge in [0, 0.05) is 12.6 Å². The molecule has 0 spiro atoms. The number of benzene rings is 1. The lowest BCUT2D eigenvalue weighted by Crippen LogP contribution is -2.48. The quantitative estimate of drug-likeness (QED) is 0.289. The third-order valence-electron chi connectivity index (χ3n) is 5.57. The van der Waals surface area contributed by atoms with Crippen molar-refractivity contribution in [3.8, 4) is 11.5 Å². The molecule has 1 fully saturated rings. The van der Waals surface area contributed by atoms with Crippen LogP contribution < -0.4 is 20.5 Å². The Morgan fingerprint density at radius 2 is 1.79 bits per heavy atom. The number of nitrogens with zero attached hydrogens (tertiary/aromatic N) is 2. The van der Waals surface area contributed by atoms with E-state index in [9.17, 15) is 0 Å². The molecule has 7 heteroatoms. The zero-order chi connectivity index (χ0) is 19.6. The molecular weight excluding hydrogens is 467 g/mol. The summed E-state index contributed by atoms with van der Waals surface area (Å²) in [5.41, 5.74) is 7.18. The molecule has 0 radical (unpaired) electrons. The molecule has 160 valence electrons. The number of rotatable bonds is 10. The first-order chi connectivity index (χ1) is 13.1. The highest BCUT2D eigenvalue weighted by Crippen LogP contribution is 2.27. The molecule has 1 atom stereocenters. The first-order valence-electron chi connectivity index (χ1n) is 10.1. The summed E-state index contributed by atoms with van der Waals surface area (Å²) >= 11 is 0. The van der Waals surface area contributed by atoms with Gasteiger partial charge in [-0.3, -0.25) is 4.90 Å². The Morgan fingerprint density at radius 1 is 1.14 bits per heavy atom. The van der Waals surface area contributed by atoms with Crippen LogP contribution in [-0.2, 0) is 6.54 Å². The van der Waals surface area contributed by atoms with Crippen LogP contribution in [0.1, 0.15) is 45.1 Å². The van der Waals surface area contributed by atoms with Crippen molar-refractivity contribution in [1.82, 2.24) is 10.2 Å². The predicted octanol–water partition coefficient (Wildman–Crippen LogP) is 3.63. The van der Waals surface area contributed by atoms with Crippen LogP contribution in [0.15, 0.2) is 23.2 Å². The Balaban J connectivity index is 0.00000392. The van der Waals surface area contributed by atoms with Crippen molar-refractivity contribution in [1.29, 1.82) is 0 Å². The maximum absolute atomic E-state index is 6.14. The van der Waals surface area contributed by atoms with Crippen LogP contribution in [-0.4, -0.2) is 50.8 Å². The lowest BCUT2D eigenvalue weighted by atomic mass is 9.93. The smallest absolute Gasteiger partial charge is 0.188 e. The van der Waals surface area contributed by atoms with E-state index in [1.54, 1.807) is 14.2 Å². The van der Waals surface area contributed by atoms with Crippen molar-refractivity contribution in [3.63, 3.8) is 0 Å². The van der Waals surface area contributed by atoms with E-state index in [1.165, 1.54) is 38.8 Å². The fraction of sp³-hybridized carbons (Fsp3) is 0.667. The first-order valence-corrected chi connectivity index (χ1v) is 10.1. The van der Waals surface area contributed by atoms with Gasteiger partial charge in [0.2, 0.25) is 0 Å². The van der Waals surface area contributed by atoms with Gasteiger partial charge in [-0.05, 0) is 49.5 Å². The fourth-order valence-electron chi connectivity index (χ4n) is 3.92. The monoisotopic (exact) mass is 504 g/mol. The molecule has 28 heavy (non-hydrogen) atoms. The molecule has 1 aromatic carbocycles. The topological polar surface area (TPSA) is 72.1 Å². The van der Waals surface area contributed by atoms with Gasteiger partial charge >= 0.3 is 0 Å². The maximum atomic E-state index is 6.14. The highest BCUT2D eigenvalue weighted by atomic mass is 127. The predicted molar refractivity (Wildman–Crippen MR) is 127 cm³/mol. The number of hydrogen-bond donors (Lipinski definition) is 2. The van der Waals surface area contributed by atoms with Crippen LogP contribution in [0.4, 0.5) is 0 Å². The van der Waals surface area contributed by atoms with E-state index in [1.807, 2.05) is 18.2 Å². The van der Waals surface area contributed by atoms with E-state index >= 15 is 0 Å². The normalized spacial score (nSPS) is 16.0. The standard InChI is InChI=1S/C21H36N4O2.HI/c1-5-17(6-2)18(25-11-7-8-12-25)15-24-21(22)23-14-16-9-10-19(26-3)20(13-16)27-4;/h9-10,13,17-18H,5-8,11-12,14-15H2,1-4H3,(H3,22,23,24);1H. The molecule has 2 rings (SSSR count). The van der Waals surface area contributed by atoms with Gasteiger partial charge in [-0.2, -0.15) is 0 Å². The second-order valence-electron chi connectivity index (χ2n) is 7.16. The Labute approximate surface area is 187 Å². The third-order valence-corrected chi connectivity index (χ3v) is 5.57. The van der Waals surface area contributed by atoms with Crippen molar-refractivity contribution in [2.24, 2.45) is 16.6 Å². The average molecular weight is 504 g/mol. The molecule has 1 heterocycles. The van der Waals surface area contributed by atoms with Gasteiger partial charge in [-0.1, -0.05) is 32.8 Å². The Hall–Kier alpha value is -1.22. The summed E-state index contributed by atoms with van der Waals surface area (Å²) in [6.45, 7) is 8.33. The summed E-state index contributed by atoms with van der Waals surface area (Å²) in [5.74, 6) is 2.61. The SMILES string of the molecule is CCC(CC)C(CNC(N)=NCc1ccc(OC)c(OC)c1)N1CCCC1.I. The van der Waals surface area contributed by atoms with Crippen molar-refractivity contribution >= 4 is 29.9 Å². The summed E-state index contributed by atoms with van der Waals surface area (Å²) in [6, 6.07) is 6.34. The summed E-state index contributed by atoms with van der Waals surface area (Å²) in [4.78, 5) is 7.12. The summed E-state index contributed by atoms with van der Waals surface area (Å²) < 4.78 is 10.6. The van der Waals surface area contributed by atoms with Crippen molar-refractivity contribution in [2.75, 3.05) is 33.9 Å². The molecule has 0 saturated carbocycles. The van der Waals surface area contributed by atoms with Crippen LogP contribution >= 0.6 is 24.0 Å². The summed E-state index contributed by atoms with van der Waals surface area (Å²) in [7, 11) is 3.27. The second-order valence-corrected chi connectivity index (χ2v) is 7.16. The van der Waals surface area contributed by atoms with Crippen LogP contribution in [0.2, 0.25) is 0 Å². The molecule has 0 bridgehead atoms. The molecule has 0 amide bonds. The van der Waals surface area contributed by atoms with Gasteiger partial charge in [0.05, 0.1) is 20.8 Å². The number of aliphatic imine (C=N–C) groups is 1. The molecule has 1 aliphatic heterocycles. The minimum absolute atomic E-state index is 0. The number of hydrogen-bond acceptors (Lipinski definition) is 4. The van der Waals surface area contributed by atoms with Crippen molar-refractivity contribution < 1.29 is 9.47 Å². The minimum Gasteiger partial charge on any atom is -0.493 e. The van der Waals surface area contributed by atoms with Gasteiger partial charge in [-0.15, -0.1) is 24.0 Å². The Kier molecular flexibility index (Phi) is 11.6. The number of nitrogens with one attached hydrogen (secondary N) is 1. The lowest BCUT2D eigenvalue weighted by Gasteiger charge is -2.34. The third kappa shape index (κ3) is 6.99. The molecular formula is C21H37IN4O2. The van der Waals surface area contributed by atoms with Crippen LogP contribution in [0, 0.1) is 5.92 Å². The zero-order valence-electron chi connectivity index (χ0n) is 17.7. The molecule has 1 unspecified atom stereocenters. The maximum Gasteiger partial charge on any atom is 0.188 e. The highest BCUT2D eigenvalue weighted by Gasteiger charge is 2.27. The van der Waals surface area contributed by atoms with Gasteiger partial charge in [-0.25, -0.2) is 4.99 Å². The Morgan fingerprint density at radius 3 is 2.36 bits per heavy atom. The number of ether oxygens (including phenoxy) is 2. The zero-order valence-corrected chi connectivity index (χ0v) is 20.1. The molecule has 0 aliphatic carbocycles. The largest absolute Gasteiger partial charge is 0.493 e. The van der Waals surface area contributed by atoms with Crippen LogP contribution in [0.25, 0.3) is 0 Å². The highest BCUT2D eigenvalue weighted by molar-refractivity contribution is 14.0. The number of guanidine groups is 1. The molecule has 0 aromatic heterocycles. The van der Waals surface area contributed by atoms with Gasteiger partial charge < -0.3 is 20.5 Å². The average Bonchev–Trinajstić information content (AvgIpc) is 3.23. The van der Waals surface area contributed by atoms with E-state index < -0.39 is 0 Å². The van der Waals surface area contributed by atoms with E-state index in [-0.39, 0.29) is 24.0 Å². The number of nitrogens with two attached hydrogens (primary N) is 1. The van der Waals surface area contributed by atoms with Gasteiger partial charge in [0.25, 0.3) is 0 Å². The second kappa shape index (κ2) is 13.1. The molecule has 1 saturated heterocycles.